The van der Waals surface area contributed by atoms with Crippen molar-refractivity contribution in [1.82, 2.24) is 4.90 Å². The Morgan fingerprint density at radius 1 is 1.67 bits per heavy atom. The smallest absolute Gasteiger partial charge is 0.414 e. The van der Waals surface area contributed by atoms with Crippen molar-refractivity contribution in [3.63, 3.8) is 0 Å². The van der Waals surface area contributed by atoms with E-state index in [9.17, 15) is 9.59 Å². The highest BCUT2D eigenvalue weighted by Gasteiger charge is 2.24. The van der Waals surface area contributed by atoms with E-state index in [1.165, 1.54) is 0 Å². The van der Waals surface area contributed by atoms with Crippen LogP contribution in [0.5, 0.6) is 0 Å². The van der Waals surface area contributed by atoms with Gasteiger partial charge in [0.1, 0.15) is 0 Å². The summed E-state index contributed by atoms with van der Waals surface area (Å²) in [7, 11) is 0. The summed E-state index contributed by atoms with van der Waals surface area (Å²) < 4.78 is 0. The SMILES string of the molecule is CC1CCCN(C(=O)O)C(=O)C1. The molecule has 0 radical (unpaired) electrons. The number of rotatable bonds is 0. The third kappa shape index (κ3) is 1.96. The van der Waals surface area contributed by atoms with Crippen LogP contribution in [-0.2, 0) is 4.79 Å². The van der Waals surface area contributed by atoms with Gasteiger partial charge >= 0.3 is 6.09 Å². The standard InChI is InChI=1S/C8H13NO3/c1-6-3-2-4-9(8(11)12)7(10)5-6/h6H,2-5H2,1H3,(H,11,12). The number of hydrogen-bond donors (Lipinski definition) is 1. The fourth-order valence-corrected chi connectivity index (χ4v) is 1.44. The monoisotopic (exact) mass is 171 g/mol. The number of likely N-dealkylation sites (tertiary alicyclic amines) is 1. The van der Waals surface area contributed by atoms with Gasteiger partial charge in [-0.1, -0.05) is 6.92 Å². The fraction of sp³-hybridized carbons (Fsp3) is 0.750. The summed E-state index contributed by atoms with van der Waals surface area (Å²) in [4.78, 5) is 22.7. The minimum Gasteiger partial charge on any atom is -0.465 e. The van der Waals surface area contributed by atoms with Crippen LogP contribution in [0.25, 0.3) is 0 Å². The van der Waals surface area contributed by atoms with Crippen LogP contribution >= 0.6 is 0 Å². The average molecular weight is 171 g/mol. The zero-order valence-electron chi connectivity index (χ0n) is 7.12. The fourth-order valence-electron chi connectivity index (χ4n) is 1.44. The van der Waals surface area contributed by atoms with Crippen LogP contribution in [0.3, 0.4) is 0 Å². The minimum atomic E-state index is -1.12. The summed E-state index contributed by atoms with van der Waals surface area (Å²) in [6.45, 7) is 2.34. The lowest BCUT2D eigenvalue weighted by Gasteiger charge is -2.13. The van der Waals surface area contributed by atoms with E-state index in [-0.39, 0.29) is 5.91 Å². The number of imide groups is 1. The lowest BCUT2D eigenvalue weighted by molar-refractivity contribution is -0.129. The minimum absolute atomic E-state index is 0.257. The molecule has 1 heterocycles. The van der Waals surface area contributed by atoms with Gasteiger partial charge in [0.05, 0.1) is 0 Å². The van der Waals surface area contributed by atoms with Crippen LogP contribution in [0.15, 0.2) is 0 Å². The van der Waals surface area contributed by atoms with Crippen molar-refractivity contribution >= 4 is 12.0 Å². The van der Waals surface area contributed by atoms with Gasteiger partial charge in [-0.05, 0) is 18.8 Å². The normalized spacial score (nSPS) is 25.2. The van der Waals surface area contributed by atoms with Crippen molar-refractivity contribution in [2.75, 3.05) is 6.54 Å². The predicted octanol–water partition coefficient (Wildman–Crippen LogP) is 1.31. The first-order chi connectivity index (χ1) is 5.61. The second-order valence-electron chi connectivity index (χ2n) is 3.28. The van der Waals surface area contributed by atoms with Crippen LogP contribution in [0.1, 0.15) is 26.2 Å². The molecule has 4 heteroatoms. The molecule has 0 spiro atoms. The Labute approximate surface area is 71.2 Å². The maximum Gasteiger partial charge on any atom is 0.414 e. The van der Waals surface area contributed by atoms with E-state index in [4.69, 9.17) is 5.11 Å². The number of carbonyl (C=O) groups excluding carboxylic acids is 1. The lowest BCUT2D eigenvalue weighted by Crippen LogP contribution is -2.35. The lowest BCUT2D eigenvalue weighted by atomic mass is 10.0. The Morgan fingerprint density at radius 3 is 2.92 bits per heavy atom. The van der Waals surface area contributed by atoms with Crippen molar-refractivity contribution < 1.29 is 14.7 Å². The van der Waals surface area contributed by atoms with E-state index >= 15 is 0 Å². The molecule has 1 N–H and O–H groups in total. The molecule has 1 aliphatic rings. The van der Waals surface area contributed by atoms with Gasteiger partial charge in [0, 0.05) is 13.0 Å². The van der Waals surface area contributed by atoms with Crippen LogP contribution in [0.2, 0.25) is 0 Å². The summed E-state index contributed by atoms with van der Waals surface area (Å²) in [6.07, 6.45) is 0.982. The van der Waals surface area contributed by atoms with Crippen LogP contribution in [0, 0.1) is 5.92 Å². The molecule has 4 nitrogen and oxygen atoms in total. The van der Waals surface area contributed by atoms with E-state index in [1.807, 2.05) is 6.92 Å². The Bertz CT molecular complexity index is 202. The number of carbonyl (C=O) groups is 2. The van der Waals surface area contributed by atoms with E-state index in [0.717, 1.165) is 17.7 Å². The quantitative estimate of drug-likeness (QED) is 0.597. The van der Waals surface area contributed by atoms with E-state index < -0.39 is 6.09 Å². The first-order valence-corrected chi connectivity index (χ1v) is 4.14. The summed E-state index contributed by atoms with van der Waals surface area (Å²) in [5.41, 5.74) is 0. The van der Waals surface area contributed by atoms with Gasteiger partial charge in [-0.2, -0.15) is 0 Å². The first kappa shape index (κ1) is 9.03. The van der Waals surface area contributed by atoms with E-state index in [1.54, 1.807) is 0 Å². The average Bonchev–Trinajstić information content (AvgIpc) is 2.10. The molecule has 0 aromatic rings. The van der Waals surface area contributed by atoms with E-state index in [0.29, 0.717) is 18.9 Å². The summed E-state index contributed by atoms with van der Waals surface area (Å²) in [5, 5.41) is 8.63. The maximum absolute atomic E-state index is 11.2. The molecule has 0 bridgehead atoms. The second-order valence-corrected chi connectivity index (χ2v) is 3.28. The molecule has 0 aliphatic carbocycles. The molecule has 1 atom stereocenters. The second kappa shape index (κ2) is 3.56. The third-order valence-corrected chi connectivity index (χ3v) is 2.13. The molecule has 2 amide bonds. The van der Waals surface area contributed by atoms with Gasteiger partial charge in [-0.25, -0.2) is 9.69 Å². The van der Waals surface area contributed by atoms with Crippen LogP contribution in [0.4, 0.5) is 4.79 Å². The molecule has 0 aromatic carbocycles. The first-order valence-electron chi connectivity index (χ1n) is 4.14. The van der Waals surface area contributed by atoms with Crippen molar-refractivity contribution in [1.29, 1.82) is 0 Å². The number of nitrogens with zero attached hydrogens (tertiary/aromatic N) is 1. The maximum atomic E-state index is 11.2. The molecule has 0 saturated carbocycles. The number of hydrogen-bond acceptors (Lipinski definition) is 2. The van der Waals surface area contributed by atoms with Crippen molar-refractivity contribution in [2.24, 2.45) is 5.92 Å². The zero-order valence-corrected chi connectivity index (χ0v) is 7.12. The van der Waals surface area contributed by atoms with Crippen LogP contribution in [-0.4, -0.2) is 28.6 Å². The third-order valence-electron chi connectivity index (χ3n) is 2.13. The number of carboxylic acid groups (broad SMARTS) is 1. The summed E-state index contributed by atoms with van der Waals surface area (Å²) >= 11 is 0. The summed E-state index contributed by atoms with van der Waals surface area (Å²) in [6, 6.07) is 0. The molecule has 1 unspecified atom stereocenters. The molecule has 12 heavy (non-hydrogen) atoms. The largest absolute Gasteiger partial charge is 0.465 e. The highest BCUT2D eigenvalue weighted by atomic mass is 16.4. The predicted molar refractivity (Wildman–Crippen MR) is 42.8 cm³/mol. The summed E-state index contributed by atoms with van der Waals surface area (Å²) in [5.74, 6) is 0.0642. The molecule has 1 saturated heterocycles. The zero-order chi connectivity index (χ0) is 9.14. The molecular formula is C8H13NO3. The highest BCUT2D eigenvalue weighted by molar-refractivity contribution is 5.91. The van der Waals surface area contributed by atoms with Crippen molar-refractivity contribution in [2.45, 2.75) is 26.2 Å². The highest BCUT2D eigenvalue weighted by Crippen LogP contribution is 2.17. The van der Waals surface area contributed by atoms with Gasteiger partial charge in [0.15, 0.2) is 0 Å². The molecule has 1 fully saturated rings. The van der Waals surface area contributed by atoms with Crippen molar-refractivity contribution in [3.05, 3.63) is 0 Å². The van der Waals surface area contributed by atoms with Crippen LogP contribution < -0.4 is 0 Å². The molecule has 1 aliphatic heterocycles. The Morgan fingerprint density at radius 2 is 2.33 bits per heavy atom. The molecule has 1 rings (SSSR count). The Hall–Kier alpha value is -1.06. The van der Waals surface area contributed by atoms with Crippen molar-refractivity contribution in [3.8, 4) is 0 Å². The Kier molecular flexibility index (Phi) is 2.68. The molecule has 0 aromatic heterocycles. The van der Waals surface area contributed by atoms with Gasteiger partial charge in [-0.15, -0.1) is 0 Å². The topological polar surface area (TPSA) is 57.6 Å². The van der Waals surface area contributed by atoms with Gasteiger partial charge < -0.3 is 5.11 Å². The molecule has 68 valence electrons. The van der Waals surface area contributed by atoms with Gasteiger partial charge in [-0.3, -0.25) is 4.79 Å². The molecular weight excluding hydrogens is 158 g/mol. The van der Waals surface area contributed by atoms with Gasteiger partial charge in [0.2, 0.25) is 5.91 Å². The van der Waals surface area contributed by atoms with E-state index in [2.05, 4.69) is 0 Å². The Balaban J connectivity index is 2.64. The van der Waals surface area contributed by atoms with Gasteiger partial charge in [0.25, 0.3) is 0 Å². The number of amides is 2.